The van der Waals surface area contributed by atoms with Crippen LogP contribution in [-0.4, -0.2) is 0 Å². The van der Waals surface area contributed by atoms with Crippen LogP contribution in [0.4, 0.5) is 0 Å². The summed E-state index contributed by atoms with van der Waals surface area (Å²) in [5.41, 5.74) is 6.41. The van der Waals surface area contributed by atoms with E-state index in [9.17, 15) is 0 Å². The molecular weight excluding hydrogens is 312 g/mol. The monoisotopic (exact) mass is 358 g/mol. The largest absolute Gasteiger partial charge is 0.103 e. The fourth-order valence-corrected chi connectivity index (χ4v) is 4.78. The lowest BCUT2D eigenvalue weighted by atomic mass is 9.83. The molecule has 0 amide bonds. The van der Waals surface area contributed by atoms with Crippen LogP contribution in [0.2, 0.25) is 0 Å². The van der Waals surface area contributed by atoms with Gasteiger partial charge < -0.3 is 0 Å². The minimum absolute atomic E-state index is 0. The van der Waals surface area contributed by atoms with E-state index in [1.807, 2.05) is 0 Å². The average Bonchev–Trinajstić information content (AvgIpc) is 3.30. The number of hydrogen-bond donors (Lipinski definition) is 0. The van der Waals surface area contributed by atoms with Gasteiger partial charge in [-0.15, -0.1) is 6.58 Å². The smallest absolute Gasteiger partial charge is 0.00603 e. The van der Waals surface area contributed by atoms with Gasteiger partial charge in [0.15, 0.2) is 0 Å². The second-order valence-electron chi connectivity index (χ2n) is 9.08. The molecule has 150 valence electrons. The minimum Gasteiger partial charge on any atom is -0.103 e. The van der Waals surface area contributed by atoms with Crippen LogP contribution >= 0.6 is 0 Å². The first-order chi connectivity index (χ1) is 12.4. The summed E-state index contributed by atoms with van der Waals surface area (Å²) in [5, 5.41) is 0. The van der Waals surface area contributed by atoms with Crippen LogP contribution in [0.5, 0.6) is 0 Å². The number of rotatable bonds is 3. The Morgan fingerprint density at radius 1 is 1.23 bits per heavy atom. The predicted octanol–water partition coefficient (Wildman–Crippen LogP) is 8.77. The van der Waals surface area contributed by atoms with E-state index in [2.05, 4.69) is 59.9 Å². The zero-order chi connectivity index (χ0) is 19.3. The van der Waals surface area contributed by atoms with Crippen molar-refractivity contribution in [3.63, 3.8) is 0 Å². The third kappa shape index (κ3) is 5.24. The fraction of sp³-hybridized carbons (Fsp3) is 0.692. The molecule has 2 fully saturated rings. The number of allylic oxidation sites excluding steroid dienone is 6. The van der Waals surface area contributed by atoms with Crippen LogP contribution in [0.1, 0.15) is 88.8 Å². The van der Waals surface area contributed by atoms with Crippen molar-refractivity contribution in [3.05, 3.63) is 47.6 Å². The highest BCUT2D eigenvalue weighted by molar-refractivity contribution is 5.55. The first-order valence-corrected chi connectivity index (χ1v) is 11.1. The van der Waals surface area contributed by atoms with Crippen molar-refractivity contribution in [2.45, 2.75) is 86.0 Å². The van der Waals surface area contributed by atoms with Crippen LogP contribution in [0, 0.1) is 29.6 Å². The van der Waals surface area contributed by atoms with Crippen LogP contribution in [0.25, 0.3) is 0 Å². The van der Waals surface area contributed by atoms with Gasteiger partial charge in [0.05, 0.1) is 0 Å². The lowest BCUT2D eigenvalue weighted by Crippen LogP contribution is -2.14. The molecule has 3 aliphatic rings. The molecule has 0 radical (unpaired) electrons. The molecule has 3 aliphatic carbocycles. The molecule has 0 aromatic rings. The van der Waals surface area contributed by atoms with Crippen molar-refractivity contribution in [1.82, 2.24) is 0 Å². The maximum atomic E-state index is 4.14. The third-order valence-corrected chi connectivity index (χ3v) is 7.39. The fourth-order valence-electron chi connectivity index (χ4n) is 4.78. The molecule has 0 heteroatoms. The highest BCUT2D eigenvalue weighted by atomic mass is 14.4. The van der Waals surface area contributed by atoms with Crippen molar-refractivity contribution in [3.8, 4) is 0 Å². The van der Waals surface area contributed by atoms with Crippen molar-refractivity contribution < 1.29 is 2.85 Å². The summed E-state index contributed by atoms with van der Waals surface area (Å²) < 4.78 is 0. The molecule has 2 saturated carbocycles. The third-order valence-electron chi connectivity index (χ3n) is 7.39. The Kier molecular flexibility index (Phi) is 7.99. The van der Waals surface area contributed by atoms with E-state index in [0.717, 1.165) is 17.8 Å². The van der Waals surface area contributed by atoms with Gasteiger partial charge in [-0.3, -0.25) is 0 Å². The van der Waals surface area contributed by atoms with E-state index in [0.29, 0.717) is 11.8 Å². The molecule has 0 N–H and O–H groups in total. The van der Waals surface area contributed by atoms with Gasteiger partial charge in [0, 0.05) is 8.77 Å². The van der Waals surface area contributed by atoms with Crippen LogP contribution in [0.3, 0.4) is 0 Å². The van der Waals surface area contributed by atoms with Crippen molar-refractivity contribution in [1.29, 1.82) is 0 Å². The summed E-state index contributed by atoms with van der Waals surface area (Å²) in [4.78, 5) is 0. The van der Waals surface area contributed by atoms with E-state index < -0.39 is 0 Å². The molecule has 0 spiro atoms. The summed E-state index contributed by atoms with van der Waals surface area (Å²) in [7, 11) is 0. The second-order valence-corrected chi connectivity index (χ2v) is 9.08. The molecule has 3 rings (SSSR count). The zero-order valence-electron chi connectivity index (χ0n) is 18.1. The summed E-state index contributed by atoms with van der Waals surface area (Å²) in [6, 6.07) is 0. The Balaban J connectivity index is 0.000000532. The summed E-state index contributed by atoms with van der Waals surface area (Å²) in [6.45, 7) is 19.8. The maximum Gasteiger partial charge on any atom is 0.00603 e. The molecule has 0 aromatic carbocycles. The first-order valence-electron chi connectivity index (χ1n) is 11.1. The molecule has 26 heavy (non-hydrogen) atoms. The summed E-state index contributed by atoms with van der Waals surface area (Å²) in [6.07, 6.45) is 15.3. The molecule has 0 saturated heterocycles. The molecule has 3 unspecified atom stereocenters. The highest BCUT2D eigenvalue weighted by Gasteiger charge is 2.36. The van der Waals surface area contributed by atoms with Crippen LogP contribution in [0.15, 0.2) is 47.6 Å². The Morgan fingerprint density at radius 2 is 1.92 bits per heavy atom. The standard InChI is InChI=1S/C16H24.C10H18.2H2/c1-6-14-7-8-15(9-10(2)11(14)3)16-12(4)13(16)5;1-3-9(2)10-7-5-4-6-8-10;;/h6,10-11,13-14H,1,4,7-9H2,2-3,5H3;7,9H,3-6,8H2,1-2H3;2*1H/b16-15+;;;/t10-,11?,13?,14+;;;/m1.../s1. The van der Waals surface area contributed by atoms with E-state index in [4.69, 9.17) is 0 Å². The lowest BCUT2D eigenvalue weighted by molar-refractivity contribution is 0.313. The normalized spacial score (nSPS) is 35.6. The lowest BCUT2D eigenvalue weighted by Gasteiger charge is -2.22. The zero-order valence-corrected chi connectivity index (χ0v) is 18.1. The molecule has 0 bridgehead atoms. The van der Waals surface area contributed by atoms with E-state index >= 15 is 0 Å². The van der Waals surface area contributed by atoms with Gasteiger partial charge in [0.25, 0.3) is 0 Å². The number of hydrogen-bond acceptors (Lipinski definition) is 0. The van der Waals surface area contributed by atoms with Gasteiger partial charge in [-0.25, -0.2) is 0 Å². The van der Waals surface area contributed by atoms with Gasteiger partial charge in [-0.05, 0) is 86.2 Å². The van der Waals surface area contributed by atoms with E-state index in [-0.39, 0.29) is 2.85 Å². The Labute approximate surface area is 166 Å². The average molecular weight is 359 g/mol. The first kappa shape index (κ1) is 21.3. The van der Waals surface area contributed by atoms with E-state index in [1.54, 1.807) is 16.7 Å². The molecule has 0 aliphatic heterocycles. The second kappa shape index (κ2) is 9.77. The van der Waals surface area contributed by atoms with Crippen molar-refractivity contribution >= 4 is 0 Å². The highest BCUT2D eigenvalue weighted by Crippen LogP contribution is 2.49. The SMILES string of the molecule is C=C[C@H]1CC/C(=C2/C(=C)C2C)C[C@@H](C)C1C.CCC(C)C1=CCCCC1.[HH].[HH]. The molecule has 0 heterocycles. The van der Waals surface area contributed by atoms with E-state index in [1.165, 1.54) is 56.9 Å². The van der Waals surface area contributed by atoms with Gasteiger partial charge in [0.2, 0.25) is 0 Å². The summed E-state index contributed by atoms with van der Waals surface area (Å²) >= 11 is 0. The van der Waals surface area contributed by atoms with Crippen molar-refractivity contribution in [2.24, 2.45) is 29.6 Å². The van der Waals surface area contributed by atoms with Gasteiger partial charge in [0.1, 0.15) is 0 Å². The quantitative estimate of drug-likeness (QED) is 0.349. The topological polar surface area (TPSA) is 0 Å². The van der Waals surface area contributed by atoms with Crippen LogP contribution in [-0.2, 0) is 0 Å². The Morgan fingerprint density at radius 3 is 2.42 bits per heavy atom. The Bertz CT molecular complexity index is 569. The molecular formula is C26H46. The summed E-state index contributed by atoms with van der Waals surface area (Å²) in [5.74, 6) is 3.79. The maximum absolute atomic E-state index is 4.14. The van der Waals surface area contributed by atoms with Crippen LogP contribution < -0.4 is 0 Å². The van der Waals surface area contributed by atoms with Gasteiger partial charge in [-0.2, -0.15) is 0 Å². The minimum atomic E-state index is 0. The Hall–Kier alpha value is -1.04. The van der Waals surface area contributed by atoms with Gasteiger partial charge in [-0.1, -0.05) is 64.5 Å². The molecule has 0 aromatic heterocycles. The molecule has 0 nitrogen and oxygen atoms in total. The predicted molar refractivity (Wildman–Crippen MR) is 121 cm³/mol. The van der Waals surface area contributed by atoms with Gasteiger partial charge >= 0.3 is 0 Å². The van der Waals surface area contributed by atoms with Crippen molar-refractivity contribution in [2.75, 3.05) is 0 Å². The molecule has 5 atom stereocenters.